The number of hydrogen-bond donors (Lipinski definition) is 0. The minimum Gasteiger partial charge on any atom is -0.267 e. The molecule has 0 aliphatic rings. The van der Waals surface area contributed by atoms with Gasteiger partial charge >= 0.3 is 0 Å². The van der Waals surface area contributed by atoms with Crippen LogP contribution in [0.1, 0.15) is 0 Å². The fourth-order valence-electron chi connectivity index (χ4n) is 3.12. The van der Waals surface area contributed by atoms with Crippen molar-refractivity contribution in [3.05, 3.63) is 88.5 Å². The zero-order valence-electron chi connectivity index (χ0n) is 15.4. The zero-order valence-corrected chi connectivity index (χ0v) is 16.3. The first-order valence-corrected chi connectivity index (χ1v) is 10.5. The number of sulfone groups is 1. The quantitative estimate of drug-likeness (QED) is 0.495. The molecule has 0 atom stereocenters. The van der Waals surface area contributed by atoms with Crippen LogP contribution >= 0.6 is 0 Å². The molecule has 0 aliphatic heterocycles. The number of fused-ring (bicyclic) bond motifs is 1. The second kappa shape index (κ2) is 7.10. The summed E-state index contributed by atoms with van der Waals surface area (Å²) >= 11 is 0. The first kappa shape index (κ1) is 19.8. The minimum atomic E-state index is -3.55. The number of hydrogen-bond acceptors (Lipinski definition) is 4. The molecule has 0 radical (unpaired) electrons. The number of halogens is 3. The molecule has 0 saturated heterocycles. The molecule has 0 N–H and O–H groups in total. The molecule has 0 spiro atoms. The highest BCUT2D eigenvalue weighted by Gasteiger charge is 2.18. The second-order valence-electron chi connectivity index (χ2n) is 6.65. The first-order chi connectivity index (χ1) is 14.1. The summed E-state index contributed by atoms with van der Waals surface area (Å²) in [6.45, 7) is 0. The Hall–Kier alpha value is -3.46. The van der Waals surface area contributed by atoms with Gasteiger partial charge in [-0.1, -0.05) is 12.1 Å². The topological polar surface area (TPSA) is 69.0 Å². The molecule has 4 aromatic rings. The van der Waals surface area contributed by atoms with Crippen molar-refractivity contribution in [3.8, 4) is 16.9 Å². The van der Waals surface area contributed by atoms with Gasteiger partial charge in [0.1, 0.15) is 17.3 Å². The van der Waals surface area contributed by atoms with Crippen LogP contribution in [-0.2, 0) is 9.84 Å². The van der Waals surface area contributed by atoms with Gasteiger partial charge < -0.3 is 0 Å². The molecule has 1 heterocycles. The molecule has 1 aromatic heterocycles. The van der Waals surface area contributed by atoms with Gasteiger partial charge in [-0.15, -0.1) is 0 Å². The molecule has 0 bridgehead atoms. The average Bonchev–Trinajstić information content (AvgIpc) is 2.68. The lowest BCUT2D eigenvalue weighted by molar-refractivity contribution is 0.571. The minimum absolute atomic E-state index is 0.00272. The molecular formula is C21H13F3N2O3S. The van der Waals surface area contributed by atoms with E-state index in [2.05, 4.69) is 5.10 Å². The molecular weight excluding hydrogens is 417 g/mol. The van der Waals surface area contributed by atoms with Gasteiger partial charge in [0, 0.05) is 23.3 Å². The van der Waals surface area contributed by atoms with E-state index < -0.39 is 32.8 Å². The molecule has 5 nitrogen and oxygen atoms in total. The van der Waals surface area contributed by atoms with Crippen molar-refractivity contribution >= 4 is 20.6 Å². The average molecular weight is 430 g/mol. The monoisotopic (exact) mass is 430 g/mol. The van der Waals surface area contributed by atoms with E-state index in [9.17, 15) is 26.4 Å². The Kier molecular flexibility index (Phi) is 4.70. The van der Waals surface area contributed by atoms with Crippen molar-refractivity contribution < 1.29 is 21.6 Å². The highest BCUT2D eigenvalue weighted by Crippen LogP contribution is 2.28. The van der Waals surface area contributed by atoms with Crippen molar-refractivity contribution in [2.24, 2.45) is 0 Å². The molecule has 0 unspecified atom stereocenters. The molecule has 3 aromatic carbocycles. The largest absolute Gasteiger partial charge is 0.279 e. The third kappa shape index (κ3) is 3.48. The molecule has 0 amide bonds. The predicted molar refractivity (Wildman–Crippen MR) is 106 cm³/mol. The highest BCUT2D eigenvalue weighted by atomic mass is 32.2. The molecule has 4 rings (SSSR count). The van der Waals surface area contributed by atoms with Gasteiger partial charge in [-0.05, 0) is 42.5 Å². The van der Waals surface area contributed by atoms with Crippen LogP contribution in [0, 0.1) is 17.5 Å². The highest BCUT2D eigenvalue weighted by molar-refractivity contribution is 7.90. The van der Waals surface area contributed by atoms with E-state index >= 15 is 0 Å². The normalized spacial score (nSPS) is 11.7. The molecule has 30 heavy (non-hydrogen) atoms. The summed E-state index contributed by atoms with van der Waals surface area (Å²) in [5, 5.41) is 4.34. The van der Waals surface area contributed by atoms with Crippen LogP contribution in [0.5, 0.6) is 0 Å². The maximum Gasteiger partial charge on any atom is 0.279 e. The van der Waals surface area contributed by atoms with E-state index in [1.54, 1.807) is 0 Å². The molecule has 0 saturated carbocycles. The predicted octanol–water partition coefficient (Wildman–Crippen LogP) is 3.87. The van der Waals surface area contributed by atoms with E-state index in [-0.39, 0.29) is 32.6 Å². The Labute approximate surface area is 168 Å². The lowest BCUT2D eigenvalue weighted by atomic mass is 10.0. The van der Waals surface area contributed by atoms with E-state index in [0.717, 1.165) is 35.2 Å². The van der Waals surface area contributed by atoms with Crippen LogP contribution < -0.4 is 5.56 Å². The number of benzene rings is 3. The van der Waals surface area contributed by atoms with Crippen molar-refractivity contribution in [2.45, 2.75) is 4.90 Å². The van der Waals surface area contributed by atoms with E-state index in [1.807, 2.05) is 0 Å². The Balaban J connectivity index is 2.10. The SMILES string of the molecule is CS(=O)(=O)c1cccc(-c2nn(-c3ccc(F)cc3F)c(=O)c3ccc(F)cc23)c1. The number of nitrogens with zero attached hydrogens (tertiary/aromatic N) is 2. The van der Waals surface area contributed by atoms with Crippen LogP contribution in [0.2, 0.25) is 0 Å². The van der Waals surface area contributed by atoms with Crippen LogP contribution in [0.25, 0.3) is 27.7 Å². The van der Waals surface area contributed by atoms with Gasteiger partial charge in [0.2, 0.25) is 0 Å². The van der Waals surface area contributed by atoms with Crippen molar-refractivity contribution in [3.63, 3.8) is 0 Å². The van der Waals surface area contributed by atoms with E-state index in [0.29, 0.717) is 6.07 Å². The van der Waals surface area contributed by atoms with Crippen LogP contribution in [-0.4, -0.2) is 24.5 Å². The lowest BCUT2D eigenvalue weighted by Gasteiger charge is -2.13. The van der Waals surface area contributed by atoms with Crippen LogP contribution in [0.3, 0.4) is 0 Å². The van der Waals surface area contributed by atoms with Crippen molar-refractivity contribution in [2.75, 3.05) is 6.26 Å². The Morgan fingerprint density at radius 1 is 0.867 bits per heavy atom. The van der Waals surface area contributed by atoms with Gasteiger partial charge in [-0.3, -0.25) is 4.79 Å². The summed E-state index contributed by atoms with van der Waals surface area (Å²) in [6, 6.07) is 11.8. The lowest BCUT2D eigenvalue weighted by Crippen LogP contribution is -2.23. The number of rotatable bonds is 3. The third-order valence-electron chi connectivity index (χ3n) is 4.53. The molecule has 9 heteroatoms. The Morgan fingerprint density at radius 3 is 2.27 bits per heavy atom. The Bertz CT molecular complexity index is 1480. The van der Waals surface area contributed by atoms with Gasteiger partial charge in [-0.25, -0.2) is 21.6 Å². The van der Waals surface area contributed by atoms with Gasteiger partial charge in [-0.2, -0.15) is 9.78 Å². The maximum atomic E-state index is 14.4. The third-order valence-corrected chi connectivity index (χ3v) is 5.64. The van der Waals surface area contributed by atoms with Gasteiger partial charge in [0.25, 0.3) is 5.56 Å². The van der Waals surface area contributed by atoms with E-state index in [1.165, 1.54) is 30.3 Å². The fourth-order valence-corrected chi connectivity index (χ4v) is 3.78. The van der Waals surface area contributed by atoms with Crippen molar-refractivity contribution in [1.82, 2.24) is 9.78 Å². The summed E-state index contributed by atoms with van der Waals surface area (Å²) in [5.74, 6) is -2.47. The second-order valence-corrected chi connectivity index (χ2v) is 8.67. The standard InChI is InChI=1S/C21H13F3N2O3S/c1-30(28,29)15-4-2-3-12(9-15)20-17-10-13(22)5-7-16(17)21(27)26(25-20)19-8-6-14(23)11-18(19)24/h2-11H,1H3. The van der Waals surface area contributed by atoms with Crippen molar-refractivity contribution in [1.29, 1.82) is 0 Å². The van der Waals surface area contributed by atoms with Crippen LogP contribution in [0.4, 0.5) is 13.2 Å². The van der Waals surface area contributed by atoms with Crippen LogP contribution in [0.15, 0.2) is 70.4 Å². The summed E-state index contributed by atoms with van der Waals surface area (Å²) in [7, 11) is -3.55. The smallest absolute Gasteiger partial charge is 0.267 e. The summed E-state index contributed by atoms with van der Waals surface area (Å²) < 4.78 is 66.2. The van der Waals surface area contributed by atoms with E-state index in [4.69, 9.17) is 0 Å². The van der Waals surface area contributed by atoms with Gasteiger partial charge in [0.05, 0.1) is 16.0 Å². The first-order valence-electron chi connectivity index (χ1n) is 8.64. The fraction of sp³-hybridized carbons (Fsp3) is 0.0476. The molecule has 0 fully saturated rings. The van der Waals surface area contributed by atoms with Gasteiger partial charge in [0.15, 0.2) is 15.7 Å². The Morgan fingerprint density at radius 2 is 1.57 bits per heavy atom. The molecule has 0 aliphatic carbocycles. The molecule has 152 valence electrons. The summed E-state index contributed by atoms with van der Waals surface area (Å²) in [5.41, 5.74) is -0.685. The summed E-state index contributed by atoms with van der Waals surface area (Å²) in [6.07, 6.45) is 1.03. The number of aromatic nitrogens is 2. The summed E-state index contributed by atoms with van der Waals surface area (Å²) in [4.78, 5) is 12.9. The maximum absolute atomic E-state index is 14.4. The zero-order chi connectivity index (χ0) is 21.6.